The first-order valence-electron chi connectivity index (χ1n) is 7.47. The predicted molar refractivity (Wildman–Crippen MR) is 83.5 cm³/mol. The smallest absolute Gasteiger partial charge is 0.227 e. The van der Waals surface area contributed by atoms with Gasteiger partial charge in [-0.2, -0.15) is 0 Å². The lowest BCUT2D eigenvalue weighted by atomic mass is 9.97. The van der Waals surface area contributed by atoms with Gasteiger partial charge in [0.2, 0.25) is 5.91 Å². The van der Waals surface area contributed by atoms with Crippen molar-refractivity contribution in [1.82, 2.24) is 0 Å². The summed E-state index contributed by atoms with van der Waals surface area (Å²) < 4.78 is 0. The number of carbonyl (C=O) groups is 1. The molecule has 0 radical (unpaired) electrons. The van der Waals surface area contributed by atoms with Gasteiger partial charge in [-0.1, -0.05) is 12.8 Å². The summed E-state index contributed by atoms with van der Waals surface area (Å²) in [5, 5.41) is 22.0. The zero-order valence-electron chi connectivity index (χ0n) is 12.5. The van der Waals surface area contributed by atoms with Crippen molar-refractivity contribution in [2.24, 2.45) is 0 Å². The third-order valence-corrected chi connectivity index (χ3v) is 4.05. The van der Waals surface area contributed by atoms with E-state index in [0.29, 0.717) is 19.4 Å². The second-order valence-electron chi connectivity index (χ2n) is 5.85. The van der Waals surface area contributed by atoms with Gasteiger partial charge in [-0.15, -0.1) is 0 Å². The topological polar surface area (TPSA) is 72.8 Å². The minimum absolute atomic E-state index is 0.105. The van der Waals surface area contributed by atoms with E-state index in [2.05, 4.69) is 5.32 Å². The number of nitrogens with zero attached hydrogens (tertiary/aromatic N) is 1. The number of hydrogen-bond acceptors (Lipinski definition) is 4. The second-order valence-corrected chi connectivity index (χ2v) is 5.85. The first-order chi connectivity index (χ1) is 10.0. The van der Waals surface area contributed by atoms with Gasteiger partial charge in [0, 0.05) is 25.0 Å². The van der Waals surface area contributed by atoms with Gasteiger partial charge in [-0.25, -0.2) is 0 Å². The highest BCUT2D eigenvalue weighted by atomic mass is 16.3. The molecule has 0 aliphatic heterocycles. The fourth-order valence-corrected chi connectivity index (χ4v) is 2.79. The maximum Gasteiger partial charge on any atom is 0.227 e. The lowest BCUT2D eigenvalue weighted by Crippen LogP contribution is -2.30. The largest absolute Gasteiger partial charge is 0.395 e. The fraction of sp³-hybridized carbons (Fsp3) is 0.562. The number of hydrogen-bond donors (Lipinski definition) is 3. The Kier molecular flexibility index (Phi) is 5.20. The Hall–Kier alpha value is -1.59. The molecule has 1 aromatic carbocycles. The van der Waals surface area contributed by atoms with E-state index in [1.807, 2.05) is 36.2 Å². The van der Waals surface area contributed by atoms with Gasteiger partial charge in [0.15, 0.2) is 0 Å². The number of nitrogens with one attached hydrogen (secondary N) is 1. The maximum atomic E-state index is 12.0. The molecule has 3 N–H and O–H groups in total. The van der Waals surface area contributed by atoms with Gasteiger partial charge in [-0.05, 0) is 37.1 Å². The molecule has 1 aliphatic carbocycles. The monoisotopic (exact) mass is 292 g/mol. The Morgan fingerprint density at radius 3 is 2.48 bits per heavy atom. The van der Waals surface area contributed by atoms with E-state index in [9.17, 15) is 9.90 Å². The number of aliphatic hydroxyl groups excluding tert-OH is 1. The maximum absolute atomic E-state index is 12.0. The van der Waals surface area contributed by atoms with Gasteiger partial charge < -0.3 is 20.4 Å². The zero-order chi connectivity index (χ0) is 15.3. The molecule has 0 unspecified atom stereocenters. The van der Waals surface area contributed by atoms with Crippen molar-refractivity contribution in [2.45, 2.75) is 37.7 Å². The van der Waals surface area contributed by atoms with E-state index in [0.717, 1.165) is 24.2 Å². The molecule has 0 aromatic heterocycles. The molecule has 5 nitrogen and oxygen atoms in total. The number of carbonyl (C=O) groups excluding carboxylic acids is 1. The fourth-order valence-electron chi connectivity index (χ4n) is 2.79. The lowest BCUT2D eigenvalue weighted by Gasteiger charge is -2.21. The lowest BCUT2D eigenvalue weighted by molar-refractivity contribution is -0.120. The molecular formula is C16H24N2O3. The number of rotatable bonds is 6. The third kappa shape index (κ3) is 4.44. The van der Waals surface area contributed by atoms with Crippen LogP contribution in [0, 0.1) is 0 Å². The third-order valence-electron chi connectivity index (χ3n) is 4.05. The SMILES string of the molecule is CN(CCO)c1ccc(NC(=O)CC2(O)CCCC2)cc1. The van der Waals surface area contributed by atoms with E-state index in [1.54, 1.807) is 0 Å². The average Bonchev–Trinajstić information content (AvgIpc) is 2.86. The second kappa shape index (κ2) is 6.91. The van der Waals surface area contributed by atoms with Crippen LogP contribution in [0.3, 0.4) is 0 Å². The van der Waals surface area contributed by atoms with E-state index < -0.39 is 5.60 Å². The van der Waals surface area contributed by atoms with Crippen LogP contribution in [0.2, 0.25) is 0 Å². The van der Waals surface area contributed by atoms with Gasteiger partial charge >= 0.3 is 0 Å². The van der Waals surface area contributed by atoms with Gasteiger partial charge in [0.25, 0.3) is 0 Å². The van der Waals surface area contributed by atoms with Crippen LogP contribution in [-0.4, -0.2) is 41.9 Å². The molecule has 5 heteroatoms. The minimum atomic E-state index is -0.814. The Morgan fingerprint density at radius 2 is 1.90 bits per heavy atom. The Labute approximate surface area is 125 Å². The number of anilines is 2. The molecule has 1 saturated carbocycles. The molecule has 0 atom stereocenters. The van der Waals surface area contributed by atoms with Crippen LogP contribution in [0.15, 0.2) is 24.3 Å². The summed E-state index contributed by atoms with van der Waals surface area (Å²) in [6, 6.07) is 7.46. The minimum Gasteiger partial charge on any atom is -0.395 e. The summed E-state index contributed by atoms with van der Waals surface area (Å²) in [4.78, 5) is 13.9. The standard InChI is InChI=1S/C16H24N2O3/c1-18(10-11-19)14-6-4-13(5-7-14)17-15(20)12-16(21)8-2-3-9-16/h4-7,19,21H,2-3,8-12H2,1H3,(H,17,20). The predicted octanol–water partition coefficient (Wildman–Crippen LogP) is 1.75. The molecule has 2 rings (SSSR count). The molecule has 0 saturated heterocycles. The van der Waals surface area contributed by atoms with E-state index in [-0.39, 0.29) is 18.9 Å². The van der Waals surface area contributed by atoms with Crippen molar-refractivity contribution in [1.29, 1.82) is 0 Å². The van der Waals surface area contributed by atoms with Gasteiger partial charge in [-0.3, -0.25) is 4.79 Å². The molecular weight excluding hydrogens is 268 g/mol. The molecule has 0 heterocycles. The van der Waals surface area contributed by atoms with E-state index in [1.165, 1.54) is 0 Å². The van der Waals surface area contributed by atoms with Crippen LogP contribution in [0.4, 0.5) is 11.4 Å². The van der Waals surface area contributed by atoms with Crippen molar-refractivity contribution in [3.63, 3.8) is 0 Å². The molecule has 0 spiro atoms. The Balaban J connectivity index is 1.89. The highest BCUT2D eigenvalue weighted by Gasteiger charge is 2.33. The van der Waals surface area contributed by atoms with Crippen LogP contribution in [0.1, 0.15) is 32.1 Å². The van der Waals surface area contributed by atoms with Crippen molar-refractivity contribution >= 4 is 17.3 Å². The number of benzene rings is 1. The average molecular weight is 292 g/mol. The number of amides is 1. The van der Waals surface area contributed by atoms with E-state index in [4.69, 9.17) is 5.11 Å². The molecule has 1 aliphatic rings. The normalized spacial score (nSPS) is 16.7. The highest BCUT2D eigenvalue weighted by molar-refractivity contribution is 5.91. The highest BCUT2D eigenvalue weighted by Crippen LogP contribution is 2.32. The Bertz CT molecular complexity index is 467. The van der Waals surface area contributed by atoms with Gasteiger partial charge in [0.1, 0.15) is 0 Å². The summed E-state index contributed by atoms with van der Waals surface area (Å²) in [7, 11) is 1.90. The first-order valence-corrected chi connectivity index (χ1v) is 7.47. The molecule has 21 heavy (non-hydrogen) atoms. The van der Waals surface area contributed by atoms with Crippen LogP contribution in [-0.2, 0) is 4.79 Å². The van der Waals surface area contributed by atoms with E-state index >= 15 is 0 Å². The first kappa shape index (κ1) is 15.8. The van der Waals surface area contributed by atoms with Crippen molar-refractivity contribution < 1.29 is 15.0 Å². The van der Waals surface area contributed by atoms with Crippen LogP contribution < -0.4 is 10.2 Å². The summed E-state index contributed by atoms with van der Waals surface area (Å²) in [6.45, 7) is 0.673. The van der Waals surface area contributed by atoms with Crippen LogP contribution in [0.5, 0.6) is 0 Å². The zero-order valence-corrected chi connectivity index (χ0v) is 12.5. The summed E-state index contributed by atoms with van der Waals surface area (Å²) in [6.07, 6.45) is 3.58. The van der Waals surface area contributed by atoms with Crippen LogP contribution in [0.25, 0.3) is 0 Å². The summed E-state index contributed by atoms with van der Waals surface area (Å²) >= 11 is 0. The van der Waals surface area contributed by atoms with Crippen molar-refractivity contribution in [3.05, 3.63) is 24.3 Å². The quantitative estimate of drug-likeness (QED) is 0.747. The number of aliphatic hydroxyl groups is 2. The summed E-state index contributed by atoms with van der Waals surface area (Å²) in [5.41, 5.74) is 0.893. The molecule has 1 amide bonds. The van der Waals surface area contributed by atoms with Crippen LogP contribution >= 0.6 is 0 Å². The molecule has 0 bridgehead atoms. The van der Waals surface area contributed by atoms with Gasteiger partial charge in [0.05, 0.1) is 18.6 Å². The van der Waals surface area contributed by atoms with Crippen molar-refractivity contribution in [2.75, 3.05) is 30.4 Å². The number of likely N-dealkylation sites (N-methyl/N-ethyl adjacent to an activating group) is 1. The molecule has 1 aromatic rings. The Morgan fingerprint density at radius 1 is 1.29 bits per heavy atom. The molecule has 1 fully saturated rings. The molecule has 116 valence electrons. The summed E-state index contributed by atoms with van der Waals surface area (Å²) in [5.74, 6) is -0.143. The van der Waals surface area contributed by atoms with Crippen molar-refractivity contribution in [3.8, 4) is 0 Å².